The number of nitrogens with zero attached hydrogens (tertiary/aromatic N) is 1. The Morgan fingerprint density at radius 1 is 0.939 bits per heavy atom. The van der Waals surface area contributed by atoms with Crippen LogP contribution < -0.4 is 20.1 Å². The fourth-order valence-corrected chi connectivity index (χ4v) is 4.50. The van der Waals surface area contributed by atoms with Gasteiger partial charge in [0.25, 0.3) is 10.0 Å². The largest absolute Gasteiger partial charge is 0.494 e. The minimum Gasteiger partial charge on any atom is -0.494 e. The highest BCUT2D eigenvalue weighted by molar-refractivity contribution is 7.92. The Morgan fingerprint density at radius 3 is 2.09 bits per heavy atom. The number of primary amides is 1. The molecular formula is C24H25N3O5S. The lowest BCUT2D eigenvalue weighted by Crippen LogP contribution is -2.38. The van der Waals surface area contributed by atoms with Gasteiger partial charge in [-0.1, -0.05) is 17.7 Å². The number of nitrogens with two attached hydrogens (primary N) is 1. The third-order valence-electron chi connectivity index (χ3n) is 4.79. The first-order valence-corrected chi connectivity index (χ1v) is 11.7. The predicted octanol–water partition coefficient (Wildman–Crippen LogP) is 3.33. The minimum absolute atomic E-state index is 0.0700. The fraction of sp³-hybridized carbons (Fsp3) is 0.167. The molecular weight excluding hydrogens is 442 g/mol. The van der Waals surface area contributed by atoms with Crippen LogP contribution in [0.1, 0.15) is 22.8 Å². The molecule has 3 rings (SSSR count). The molecule has 172 valence electrons. The van der Waals surface area contributed by atoms with E-state index in [0.717, 1.165) is 9.87 Å². The lowest BCUT2D eigenvalue weighted by atomic mass is 10.2. The van der Waals surface area contributed by atoms with Crippen molar-refractivity contribution in [3.05, 3.63) is 83.9 Å². The van der Waals surface area contributed by atoms with E-state index in [2.05, 4.69) is 5.32 Å². The first-order chi connectivity index (χ1) is 15.7. The van der Waals surface area contributed by atoms with Crippen LogP contribution in [0.5, 0.6) is 5.75 Å². The van der Waals surface area contributed by atoms with Crippen LogP contribution in [0.25, 0.3) is 0 Å². The summed E-state index contributed by atoms with van der Waals surface area (Å²) >= 11 is 0. The fourth-order valence-electron chi connectivity index (χ4n) is 3.08. The summed E-state index contributed by atoms with van der Waals surface area (Å²) in [5.74, 6) is -0.543. The number of aryl methyl sites for hydroxylation is 1. The van der Waals surface area contributed by atoms with Crippen LogP contribution >= 0.6 is 0 Å². The third kappa shape index (κ3) is 5.89. The molecule has 0 atom stereocenters. The number of sulfonamides is 1. The summed E-state index contributed by atoms with van der Waals surface area (Å²) in [6.07, 6.45) is 0. The summed E-state index contributed by atoms with van der Waals surface area (Å²) in [6, 6.07) is 18.9. The molecule has 0 bridgehead atoms. The van der Waals surface area contributed by atoms with Crippen molar-refractivity contribution in [3.8, 4) is 5.75 Å². The molecule has 9 heteroatoms. The lowest BCUT2D eigenvalue weighted by Gasteiger charge is -2.24. The van der Waals surface area contributed by atoms with Crippen LogP contribution in [0.4, 0.5) is 11.4 Å². The van der Waals surface area contributed by atoms with Crippen molar-refractivity contribution < 1.29 is 22.7 Å². The highest BCUT2D eigenvalue weighted by atomic mass is 32.2. The van der Waals surface area contributed by atoms with Crippen LogP contribution in [0.2, 0.25) is 0 Å². The number of nitrogens with one attached hydrogen (secondary N) is 1. The lowest BCUT2D eigenvalue weighted by molar-refractivity contribution is -0.114. The van der Waals surface area contributed by atoms with Crippen LogP contribution in [-0.2, 0) is 14.8 Å². The number of carbonyl (C=O) groups is 2. The van der Waals surface area contributed by atoms with Crippen LogP contribution in [0.3, 0.4) is 0 Å². The minimum atomic E-state index is -4.03. The van der Waals surface area contributed by atoms with E-state index in [4.69, 9.17) is 10.5 Å². The number of ether oxygens (including phenoxy) is 1. The van der Waals surface area contributed by atoms with Gasteiger partial charge in [0.15, 0.2) is 0 Å². The van der Waals surface area contributed by atoms with Crippen LogP contribution in [-0.4, -0.2) is 33.4 Å². The van der Waals surface area contributed by atoms with Gasteiger partial charge in [-0.15, -0.1) is 0 Å². The second kappa shape index (κ2) is 10.2. The topological polar surface area (TPSA) is 119 Å². The van der Waals surface area contributed by atoms with Gasteiger partial charge in [0.2, 0.25) is 11.8 Å². The zero-order chi connectivity index (χ0) is 24.0. The maximum absolute atomic E-state index is 13.4. The zero-order valence-electron chi connectivity index (χ0n) is 18.3. The van der Waals surface area contributed by atoms with E-state index in [1.54, 1.807) is 36.4 Å². The van der Waals surface area contributed by atoms with Crippen LogP contribution in [0.15, 0.2) is 77.7 Å². The summed E-state index contributed by atoms with van der Waals surface area (Å²) in [7, 11) is -4.03. The molecule has 0 heterocycles. The Kier molecular flexibility index (Phi) is 7.34. The van der Waals surface area contributed by atoms with E-state index >= 15 is 0 Å². The molecule has 0 saturated heterocycles. The molecule has 0 aliphatic heterocycles. The van der Waals surface area contributed by atoms with Crippen molar-refractivity contribution in [1.82, 2.24) is 0 Å². The Hall–Kier alpha value is -3.85. The monoisotopic (exact) mass is 467 g/mol. The van der Waals surface area contributed by atoms with Crippen molar-refractivity contribution >= 4 is 33.2 Å². The van der Waals surface area contributed by atoms with Crippen LogP contribution in [0, 0.1) is 6.92 Å². The number of anilines is 2. The van der Waals surface area contributed by atoms with Gasteiger partial charge in [-0.2, -0.15) is 0 Å². The second-order valence-electron chi connectivity index (χ2n) is 7.24. The zero-order valence-corrected chi connectivity index (χ0v) is 19.1. The molecule has 3 N–H and O–H groups in total. The van der Waals surface area contributed by atoms with Crippen molar-refractivity contribution in [2.75, 3.05) is 22.8 Å². The normalized spacial score (nSPS) is 11.0. The summed E-state index contributed by atoms with van der Waals surface area (Å²) in [4.78, 5) is 24.1. The summed E-state index contributed by atoms with van der Waals surface area (Å²) in [5, 5.41) is 2.65. The standard InChI is InChI=1S/C24H25N3O5S/c1-3-32-21-12-10-20(11-13-21)27(33(30,31)22-14-4-17(2)5-15-22)16-23(28)26-19-8-6-18(7-9-19)24(25)29/h4-15H,3,16H2,1-2H3,(H2,25,29)(H,26,28). The number of carbonyl (C=O) groups excluding carboxylic acids is 2. The molecule has 2 amide bonds. The molecule has 0 radical (unpaired) electrons. The first kappa shape index (κ1) is 23.8. The second-order valence-corrected chi connectivity index (χ2v) is 9.10. The van der Waals surface area contributed by atoms with Gasteiger partial charge < -0.3 is 15.8 Å². The van der Waals surface area contributed by atoms with Gasteiger partial charge in [-0.25, -0.2) is 8.42 Å². The average Bonchev–Trinajstić information content (AvgIpc) is 2.79. The number of amides is 2. The maximum atomic E-state index is 13.4. The van der Waals surface area contributed by atoms with E-state index in [9.17, 15) is 18.0 Å². The molecule has 0 spiro atoms. The van der Waals surface area contributed by atoms with E-state index in [1.165, 1.54) is 36.4 Å². The highest BCUT2D eigenvalue weighted by Crippen LogP contribution is 2.26. The number of hydrogen-bond donors (Lipinski definition) is 2. The molecule has 0 saturated carbocycles. The Morgan fingerprint density at radius 2 is 1.55 bits per heavy atom. The van der Waals surface area contributed by atoms with Gasteiger partial charge in [0.1, 0.15) is 12.3 Å². The third-order valence-corrected chi connectivity index (χ3v) is 6.57. The van der Waals surface area contributed by atoms with E-state index in [1.807, 2.05) is 13.8 Å². The van der Waals surface area contributed by atoms with Gasteiger partial charge in [0, 0.05) is 11.3 Å². The van der Waals surface area contributed by atoms with Crippen molar-refractivity contribution in [2.24, 2.45) is 5.73 Å². The van der Waals surface area contributed by atoms with E-state index < -0.39 is 28.4 Å². The molecule has 3 aromatic carbocycles. The summed E-state index contributed by atoms with van der Waals surface area (Å²) in [6.45, 7) is 3.73. The predicted molar refractivity (Wildman–Crippen MR) is 127 cm³/mol. The molecule has 0 aliphatic rings. The smallest absolute Gasteiger partial charge is 0.264 e. The Balaban J connectivity index is 1.89. The Bertz CT molecular complexity index is 1220. The molecule has 0 aromatic heterocycles. The van der Waals surface area contributed by atoms with Gasteiger partial charge in [0.05, 0.1) is 17.2 Å². The molecule has 33 heavy (non-hydrogen) atoms. The van der Waals surface area contributed by atoms with Crippen molar-refractivity contribution in [2.45, 2.75) is 18.7 Å². The molecule has 3 aromatic rings. The molecule has 8 nitrogen and oxygen atoms in total. The first-order valence-electron chi connectivity index (χ1n) is 10.2. The SMILES string of the molecule is CCOc1ccc(N(CC(=O)Nc2ccc(C(N)=O)cc2)S(=O)(=O)c2ccc(C)cc2)cc1. The number of hydrogen-bond acceptors (Lipinski definition) is 5. The molecule has 0 aliphatic carbocycles. The maximum Gasteiger partial charge on any atom is 0.264 e. The quantitative estimate of drug-likeness (QED) is 0.500. The van der Waals surface area contributed by atoms with Gasteiger partial charge in [-0.05, 0) is 74.5 Å². The molecule has 0 fully saturated rings. The number of rotatable bonds is 9. The Labute approximate surface area is 193 Å². The van der Waals surface area contributed by atoms with E-state index in [0.29, 0.717) is 29.3 Å². The number of benzene rings is 3. The van der Waals surface area contributed by atoms with Gasteiger partial charge >= 0.3 is 0 Å². The van der Waals surface area contributed by atoms with E-state index in [-0.39, 0.29) is 4.90 Å². The van der Waals surface area contributed by atoms with Crippen molar-refractivity contribution in [3.63, 3.8) is 0 Å². The van der Waals surface area contributed by atoms with Gasteiger partial charge in [-0.3, -0.25) is 13.9 Å². The highest BCUT2D eigenvalue weighted by Gasteiger charge is 2.27. The summed E-state index contributed by atoms with van der Waals surface area (Å²) in [5.41, 5.74) is 7.17. The molecule has 0 unspecified atom stereocenters. The average molecular weight is 468 g/mol. The summed E-state index contributed by atoms with van der Waals surface area (Å²) < 4.78 is 33.3. The van der Waals surface area contributed by atoms with Crippen molar-refractivity contribution in [1.29, 1.82) is 0 Å².